The molecule has 144 valence electrons. The molecule has 1 aromatic heterocycles. The third kappa shape index (κ3) is 3.38. The molecule has 0 saturated heterocycles. The molecule has 0 aliphatic rings. The predicted molar refractivity (Wildman–Crippen MR) is 114 cm³/mol. The van der Waals surface area contributed by atoms with Gasteiger partial charge in [-0.05, 0) is 18.6 Å². The molecular formula is C25H22N2O2. The van der Waals surface area contributed by atoms with E-state index in [-0.39, 0.29) is 11.6 Å². The van der Waals surface area contributed by atoms with E-state index < -0.39 is 0 Å². The van der Waals surface area contributed by atoms with E-state index in [4.69, 9.17) is 0 Å². The van der Waals surface area contributed by atoms with Crippen LogP contribution < -0.4 is 0 Å². The molecule has 4 rings (SSSR count). The highest BCUT2D eigenvalue weighted by atomic mass is 16.1. The number of hydrogen-bond donors (Lipinski definition) is 0. The van der Waals surface area contributed by atoms with Crippen LogP contribution in [-0.2, 0) is 13.5 Å². The Morgan fingerprint density at radius 2 is 1.41 bits per heavy atom. The number of aromatic nitrogens is 2. The van der Waals surface area contributed by atoms with Crippen LogP contribution in [0.3, 0.4) is 0 Å². The summed E-state index contributed by atoms with van der Waals surface area (Å²) < 4.78 is 1.79. The molecule has 0 atom stereocenters. The molecule has 0 spiro atoms. The minimum Gasteiger partial charge on any atom is -0.289 e. The lowest BCUT2D eigenvalue weighted by Gasteiger charge is -2.11. The Balaban J connectivity index is 2.02. The molecule has 29 heavy (non-hydrogen) atoms. The second-order valence-corrected chi connectivity index (χ2v) is 7.09. The summed E-state index contributed by atoms with van der Waals surface area (Å²) in [6, 6.07) is 21.8. The maximum Gasteiger partial charge on any atom is 0.194 e. The van der Waals surface area contributed by atoms with Crippen LogP contribution >= 0.6 is 0 Å². The summed E-state index contributed by atoms with van der Waals surface area (Å²) in [5.41, 5.74) is 3.70. The van der Waals surface area contributed by atoms with Crippen molar-refractivity contribution < 1.29 is 9.59 Å². The van der Waals surface area contributed by atoms with Gasteiger partial charge in [-0.15, -0.1) is 0 Å². The predicted octanol–water partition coefficient (Wildman–Crippen LogP) is 4.99. The molecular weight excluding hydrogens is 360 g/mol. The third-order valence-corrected chi connectivity index (χ3v) is 5.12. The first-order chi connectivity index (χ1) is 14.1. The Kier molecular flexibility index (Phi) is 5.09. The van der Waals surface area contributed by atoms with Gasteiger partial charge in [0.2, 0.25) is 0 Å². The van der Waals surface area contributed by atoms with Gasteiger partial charge < -0.3 is 0 Å². The van der Waals surface area contributed by atoms with E-state index in [1.807, 2.05) is 49.5 Å². The van der Waals surface area contributed by atoms with Crippen molar-refractivity contribution in [2.24, 2.45) is 7.05 Å². The number of nitrogens with zero attached hydrogens (tertiary/aromatic N) is 2. The Labute approximate surface area is 169 Å². The molecule has 4 nitrogen and oxygen atoms in total. The van der Waals surface area contributed by atoms with E-state index >= 15 is 0 Å². The molecule has 0 aliphatic heterocycles. The third-order valence-electron chi connectivity index (χ3n) is 5.12. The molecule has 1 heterocycles. The SMILES string of the molecule is CCCc1nn(C)c2ccc(C(=O)c3ccccc3)c(C(=O)c3ccccc3)c12. The normalized spacial score (nSPS) is 11.0. The number of carbonyl (C=O) groups is 2. The van der Waals surface area contributed by atoms with Crippen LogP contribution in [0, 0.1) is 0 Å². The Morgan fingerprint density at radius 3 is 2.00 bits per heavy atom. The minimum atomic E-state index is -0.155. The lowest BCUT2D eigenvalue weighted by atomic mass is 9.89. The van der Waals surface area contributed by atoms with Gasteiger partial charge in [-0.3, -0.25) is 14.3 Å². The summed E-state index contributed by atoms with van der Waals surface area (Å²) in [6.45, 7) is 2.08. The van der Waals surface area contributed by atoms with Gasteiger partial charge in [0.1, 0.15) is 0 Å². The van der Waals surface area contributed by atoms with Crippen molar-refractivity contribution in [3.63, 3.8) is 0 Å². The van der Waals surface area contributed by atoms with Crippen molar-refractivity contribution in [2.75, 3.05) is 0 Å². The van der Waals surface area contributed by atoms with E-state index in [1.165, 1.54) is 0 Å². The van der Waals surface area contributed by atoms with Gasteiger partial charge in [0.15, 0.2) is 11.6 Å². The first kappa shape index (κ1) is 18.8. The summed E-state index contributed by atoms with van der Waals surface area (Å²) in [7, 11) is 1.87. The van der Waals surface area contributed by atoms with Crippen molar-refractivity contribution >= 4 is 22.5 Å². The fourth-order valence-corrected chi connectivity index (χ4v) is 3.75. The summed E-state index contributed by atoms with van der Waals surface area (Å²) in [6.07, 6.45) is 1.65. The highest BCUT2D eigenvalue weighted by Gasteiger charge is 2.25. The summed E-state index contributed by atoms with van der Waals surface area (Å²) in [5, 5.41) is 5.42. The molecule has 0 fully saturated rings. The van der Waals surface area contributed by atoms with Crippen LogP contribution in [0.2, 0.25) is 0 Å². The number of benzene rings is 3. The van der Waals surface area contributed by atoms with Gasteiger partial charge in [0.25, 0.3) is 0 Å². The largest absolute Gasteiger partial charge is 0.289 e. The average Bonchev–Trinajstić information content (AvgIpc) is 3.09. The van der Waals surface area contributed by atoms with E-state index in [2.05, 4.69) is 12.0 Å². The maximum atomic E-state index is 13.6. The van der Waals surface area contributed by atoms with Crippen LogP contribution in [0.4, 0.5) is 0 Å². The van der Waals surface area contributed by atoms with Gasteiger partial charge in [-0.25, -0.2) is 0 Å². The van der Waals surface area contributed by atoms with E-state index in [1.54, 1.807) is 35.0 Å². The maximum absolute atomic E-state index is 13.6. The van der Waals surface area contributed by atoms with Crippen molar-refractivity contribution in [3.8, 4) is 0 Å². The number of fused-ring (bicyclic) bond motifs is 1. The monoisotopic (exact) mass is 382 g/mol. The number of rotatable bonds is 6. The van der Waals surface area contributed by atoms with Gasteiger partial charge >= 0.3 is 0 Å². The van der Waals surface area contributed by atoms with Crippen molar-refractivity contribution in [1.82, 2.24) is 9.78 Å². The van der Waals surface area contributed by atoms with E-state index in [0.717, 1.165) is 29.4 Å². The quantitative estimate of drug-likeness (QED) is 0.442. The lowest BCUT2D eigenvalue weighted by Crippen LogP contribution is -2.12. The first-order valence-electron chi connectivity index (χ1n) is 9.80. The molecule has 3 aromatic carbocycles. The van der Waals surface area contributed by atoms with Crippen molar-refractivity contribution in [2.45, 2.75) is 19.8 Å². The zero-order valence-electron chi connectivity index (χ0n) is 16.6. The zero-order chi connectivity index (χ0) is 20.4. The van der Waals surface area contributed by atoms with Crippen LogP contribution in [0.15, 0.2) is 72.8 Å². The fraction of sp³-hybridized carbons (Fsp3) is 0.160. The zero-order valence-corrected chi connectivity index (χ0v) is 16.6. The number of ketones is 2. The molecule has 0 amide bonds. The van der Waals surface area contributed by atoms with Crippen LogP contribution in [0.5, 0.6) is 0 Å². The summed E-state index contributed by atoms with van der Waals surface area (Å²) >= 11 is 0. The van der Waals surface area contributed by atoms with Gasteiger partial charge in [0, 0.05) is 34.7 Å². The standard InChI is InChI=1S/C25H22N2O2/c1-3-10-20-23-21(27(2)26-20)16-15-19(24(28)17-11-6-4-7-12-17)22(23)25(29)18-13-8-5-9-14-18/h4-9,11-16H,3,10H2,1-2H3. The molecule has 4 aromatic rings. The number of hydrogen-bond acceptors (Lipinski definition) is 3. The Hall–Kier alpha value is -3.53. The van der Waals surface area contributed by atoms with E-state index in [9.17, 15) is 9.59 Å². The van der Waals surface area contributed by atoms with Crippen molar-refractivity contribution in [3.05, 3.63) is 101 Å². The van der Waals surface area contributed by atoms with Crippen LogP contribution in [-0.4, -0.2) is 21.3 Å². The first-order valence-corrected chi connectivity index (χ1v) is 9.80. The molecule has 0 aliphatic carbocycles. The average molecular weight is 382 g/mol. The smallest absolute Gasteiger partial charge is 0.194 e. The van der Waals surface area contributed by atoms with E-state index in [0.29, 0.717) is 22.3 Å². The van der Waals surface area contributed by atoms with Crippen molar-refractivity contribution in [1.29, 1.82) is 0 Å². The number of carbonyl (C=O) groups excluding carboxylic acids is 2. The summed E-state index contributed by atoms with van der Waals surface area (Å²) in [4.78, 5) is 26.9. The molecule has 0 N–H and O–H groups in total. The highest BCUT2D eigenvalue weighted by Crippen LogP contribution is 2.30. The molecule has 0 unspecified atom stereocenters. The second kappa shape index (κ2) is 7.84. The van der Waals surface area contributed by atoms with Gasteiger partial charge in [-0.1, -0.05) is 74.0 Å². The van der Waals surface area contributed by atoms with Crippen LogP contribution in [0.1, 0.15) is 50.9 Å². The Bertz CT molecular complexity index is 1190. The molecule has 4 heteroatoms. The van der Waals surface area contributed by atoms with Gasteiger partial charge in [0.05, 0.1) is 11.2 Å². The van der Waals surface area contributed by atoms with Crippen LogP contribution in [0.25, 0.3) is 10.9 Å². The topological polar surface area (TPSA) is 52.0 Å². The second-order valence-electron chi connectivity index (χ2n) is 7.09. The van der Waals surface area contributed by atoms with Gasteiger partial charge in [-0.2, -0.15) is 5.10 Å². The fourth-order valence-electron chi connectivity index (χ4n) is 3.75. The molecule has 0 bridgehead atoms. The summed E-state index contributed by atoms with van der Waals surface area (Å²) in [5.74, 6) is -0.307. The molecule has 0 radical (unpaired) electrons. The minimum absolute atomic E-state index is 0.152. The Morgan fingerprint density at radius 1 is 0.828 bits per heavy atom. The lowest BCUT2D eigenvalue weighted by molar-refractivity contribution is 0.100. The number of aryl methyl sites for hydroxylation is 2. The highest BCUT2D eigenvalue weighted by molar-refractivity contribution is 6.25. The molecule has 0 saturated carbocycles.